The Morgan fingerprint density at radius 3 is 2.90 bits per heavy atom. The van der Waals surface area contributed by atoms with Crippen LogP contribution in [0.2, 0.25) is 0 Å². The fourth-order valence-corrected chi connectivity index (χ4v) is 2.43. The van der Waals surface area contributed by atoms with Crippen molar-refractivity contribution in [1.29, 1.82) is 0 Å². The fourth-order valence-electron chi connectivity index (χ4n) is 2.43. The average Bonchev–Trinajstić information content (AvgIpc) is 3.07. The molecule has 0 radical (unpaired) electrons. The summed E-state index contributed by atoms with van der Waals surface area (Å²) in [6.07, 6.45) is 6.83. The predicted octanol–water partition coefficient (Wildman–Crippen LogP) is 1.31. The van der Waals surface area contributed by atoms with Crippen LogP contribution in [0.15, 0.2) is 12.4 Å². The van der Waals surface area contributed by atoms with Crippen molar-refractivity contribution in [3.05, 3.63) is 29.3 Å². The third kappa shape index (κ3) is 2.96. The smallest absolute Gasteiger partial charge is 0.360 e. The summed E-state index contributed by atoms with van der Waals surface area (Å²) in [7, 11) is 1.90. The van der Waals surface area contributed by atoms with Crippen LogP contribution in [-0.4, -0.2) is 37.4 Å². The third-order valence-corrected chi connectivity index (χ3v) is 3.58. The largest absolute Gasteiger partial charge is 0.461 e. The molecule has 0 unspecified atom stereocenters. The van der Waals surface area contributed by atoms with Gasteiger partial charge in [0.25, 0.3) is 0 Å². The zero-order valence-corrected chi connectivity index (χ0v) is 12.3. The number of carbonyl (C=O) groups is 1. The molecule has 0 spiro atoms. The van der Waals surface area contributed by atoms with Crippen LogP contribution in [0.25, 0.3) is 0 Å². The van der Waals surface area contributed by atoms with E-state index in [1.807, 2.05) is 24.1 Å². The Morgan fingerprint density at radius 2 is 2.29 bits per heavy atom. The van der Waals surface area contributed by atoms with E-state index in [0.29, 0.717) is 24.8 Å². The topological polar surface area (TPSA) is 74.8 Å². The summed E-state index contributed by atoms with van der Waals surface area (Å²) in [6.45, 7) is 2.84. The van der Waals surface area contributed by atoms with Crippen LogP contribution in [-0.2, 0) is 24.8 Å². The second-order valence-corrected chi connectivity index (χ2v) is 5.31. The summed E-state index contributed by atoms with van der Waals surface area (Å²) < 4.78 is 8.68. The van der Waals surface area contributed by atoms with Crippen LogP contribution in [0.4, 0.5) is 0 Å². The normalized spacial score (nSPS) is 14.4. The van der Waals surface area contributed by atoms with Crippen molar-refractivity contribution in [2.24, 2.45) is 7.05 Å². The third-order valence-electron chi connectivity index (χ3n) is 3.58. The van der Waals surface area contributed by atoms with Crippen molar-refractivity contribution < 1.29 is 9.53 Å². The molecule has 0 aliphatic heterocycles. The van der Waals surface area contributed by atoms with E-state index in [1.54, 1.807) is 11.6 Å². The summed E-state index contributed by atoms with van der Waals surface area (Å²) in [5.74, 6) is 0.0281. The van der Waals surface area contributed by atoms with Crippen LogP contribution in [0.5, 0.6) is 0 Å². The number of rotatable bonds is 6. The number of aromatic nitrogens is 5. The van der Waals surface area contributed by atoms with Gasteiger partial charge in [-0.15, -0.1) is 5.10 Å². The van der Waals surface area contributed by atoms with Gasteiger partial charge in [-0.2, -0.15) is 5.10 Å². The van der Waals surface area contributed by atoms with Crippen LogP contribution in [0, 0.1) is 0 Å². The molecule has 3 rings (SSSR count). The Bertz CT molecular complexity index is 642. The van der Waals surface area contributed by atoms with E-state index < -0.39 is 0 Å². The van der Waals surface area contributed by atoms with Gasteiger partial charge in [0.15, 0.2) is 5.69 Å². The summed E-state index contributed by atoms with van der Waals surface area (Å²) in [4.78, 5) is 11.9. The number of ether oxygens (including phenoxy) is 1. The Hall–Kier alpha value is -2.18. The van der Waals surface area contributed by atoms with Crippen molar-refractivity contribution >= 4 is 5.97 Å². The molecule has 2 aromatic heterocycles. The molecule has 7 nitrogen and oxygen atoms in total. The SMILES string of the molecule is CCOC(=O)c1nnn(CCc2cnn(C)c2)c1C1CC1. The van der Waals surface area contributed by atoms with Gasteiger partial charge in [0.05, 0.1) is 18.5 Å². The van der Waals surface area contributed by atoms with Crippen LogP contribution in [0.3, 0.4) is 0 Å². The number of hydrogen-bond acceptors (Lipinski definition) is 5. The molecular weight excluding hydrogens is 270 g/mol. The van der Waals surface area contributed by atoms with E-state index in [9.17, 15) is 4.79 Å². The standard InChI is InChI=1S/C14H19N5O2/c1-3-21-14(20)12-13(11-4-5-11)19(17-16-12)7-6-10-8-15-18(2)9-10/h8-9,11H,3-7H2,1-2H3. The number of hydrogen-bond donors (Lipinski definition) is 0. The Kier molecular flexibility index (Phi) is 3.72. The van der Waals surface area contributed by atoms with Crippen molar-refractivity contribution in [2.45, 2.75) is 38.6 Å². The van der Waals surface area contributed by atoms with Gasteiger partial charge in [0.1, 0.15) is 0 Å². The first kappa shape index (κ1) is 13.8. The second kappa shape index (κ2) is 5.67. The first-order valence-electron chi connectivity index (χ1n) is 7.27. The molecule has 0 N–H and O–H groups in total. The van der Waals surface area contributed by atoms with E-state index >= 15 is 0 Å². The Morgan fingerprint density at radius 1 is 1.48 bits per heavy atom. The van der Waals surface area contributed by atoms with Gasteiger partial charge in [-0.25, -0.2) is 9.48 Å². The van der Waals surface area contributed by atoms with E-state index in [0.717, 1.165) is 30.5 Å². The molecule has 0 saturated heterocycles. The molecule has 7 heteroatoms. The highest BCUT2D eigenvalue weighted by Gasteiger charge is 2.34. The van der Waals surface area contributed by atoms with Crippen molar-refractivity contribution in [1.82, 2.24) is 24.8 Å². The molecule has 1 saturated carbocycles. The van der Waals surface area contributed by atoms with Gasteiger partial charge < -0.3 is 4.74 Å². The molecule has 21 heavy (non-hydrogen) atoms. The molecular formula is C14H19N5O2. The molecule has 112 valence electrons. The van der Waals surface area contributed by atoms with Gasteiger partial charge in [0, 0.05) is 25.7 Å². The summed E-state index contributed by atoms with van der Waals surface area (Å²) in [6, 6.07) is 0. The first-order valence-corrected chi connectivity index (χ1v) is 7.27. The van der Waals surface area contributed by atoms with Crippen LogP contribution >= 0.6 is 0 Å². The Labute approximate surface area is 122 Å². The van der Waals surface area contributed by atoms with Crippen molar-refractivity contribution in [3.63, 3.8) is 0 Å². The summed E-state index contributed by atoms with van der Waals surface area (Å²) >= 11 is 0. The maximum Gasteiger partial charge on any atom is 0.360 e. The molecule has 0 aromatic carbocycles. The van der Waals surface area contributed by atoms with E-state index in [4.69, 9.17) is 4.74 Å². The number of carbonyl (C=O) groups excluding carboxylic acids is 1. The number of nitrogens with zero attached hydrogens (tertiary/aromatic N) is 5. The van der Waals surface area contributed by atoms with Crippen LogP contribution in [0.1, 0.15) is 47.4 Å². The lowest BCUT2D eigenvalue weighted by Crippen LogP contribution is -2.11. The van der Waals surface area contributed by atoms with Crippen LogP contribution < -0.4 is 0 Å². The second-order valence-electron chi connectivity index (χ2n) is 5.31. The lowest BCUT2D eigenvalue weighted by Gasteiger charge is -2.06. The quantitative estimate of drug-likeness (QED) is 0.749. The van der Waals surface area contributed by atoms with Gasteiger partial charge in [-0.3, -0.25) is 4.68 Å². The molecule has 2 aromatic rings. The molecule has 0 atom stereocenters. The van der Waals surface area contributed by atoms with Gasteiger partial charge >= 0.3 is 5.97 Å². The van der Waals surface area contributed by atoms with E-state index in [-0.39, 0.29) is 5.97 Å². The van der Waals surface area contributed by atoms with Gasteiger partial charge in [-0.05, 0) is 31.7 Å². The van der Waals surface area contributed by atoms with Crippen molar-refractivity contribution in [3.8, 4) is 0 Å². The highest BCUT2D eigenvalue weighted by molar-refractivity contribution is 5.88. The molecule has 0 bridgehead atoms. The minimum Gasteiger partial charge on any atom is -0.461 e. The maximum atomic E-state index is 11.9. The number of esters is 1. The minimum absolute atomic E-state index is 0.353. The Balaban J connectivity index is 1.77. The van der Waals surface area contributed by atoms with Gasteiger partial charge in [-0.1, -0.05) is 5.21 Å². The lowest BCUT2D eigenvalue weighted by molar-refractivity contribution is 0.0518. The highest BCUT2D eigenvalue weighted by atomic mass is 16.5. The molecule has 1 aliphatic carbocycles. The molecule has 1 fully saturated rings. The summed E-state index contributed by atoms with van der Waals surface area (Å²) in [5.41, 5.74) is 2.45. The summed E-state index contributed by atoms with van der Waals surface area (Å²) in [5, 5.41) is 12.3. The van der Waals surface area contributed by atoms with E-state index in [1.165, 1.54) is 0 Å². The van der Waals surface area contributed by atoms with Crippen molar-refractivity contribution in [2.75, 3.05) is 6.61 Å². The first-order chi connectivity index (χ1) is 10.2. The molecule has 1 aliphatic rings. The van der Waals surface area contributed by atoms with E-state index in [2.05, 4.69) is 15.4 Å². The van der Waals surface area contributed by atoms with Gasteiger partial charge in [0.2, 0.25) is 0 Å². The monoisotopic (exact) mass is 289 g/mol. The number of aryl methyl sites for hydroxylation is 3. The minimum atomic E-state index is -0.368. The molecule has 2 heterocycles. The zero-order chi connectivity index (χ0) is 14.8. The molecule has 0 amide bonds. The lowest BCUT2D eigenvalue weighted by atomic mass is 10.2. The maximum absolute atomic E-state index is 11.9. The highest BCUT2D eigenvalue weighted by Crippen LogP contribution is 2.41. The fraction of sp³-hybridized carbons (Fsp3) is 0.571. The zero-order valence-electron chi connectivity index (χ0n) is 12.3. The average molecular weight is 289 g/mol. The predicted molar refractivity (Wildman–Crippen MR) is 74.9 cm³/mol.